The first-order valence-electron chi connectivity index (χ1n) is 8.81. The Balaban J connectivity index is 0.00000240. The summed E-state index contributed by atoms with van der Waals surface area (Å²) in [6.45, 7) is 0.869. The van der Waals surface area contributed by atoms with Crippen LogP contribution in [0.3, 0.4) is 0 Å². The van der Waals surface area contributed by atoms with Crippen LogP contribution in [0.2, 0.25) is 0 Å². The van der Waals surface area contributed by atoms with Crippen molar-refractivity contribution in [2.24, 2.45) is 5.73 Å². The van der Waals surface area contributed by atoms with Crippen LogP contribution in [0.1, 0.15) is 17.7 Å². The number of nitrogens with two attached hydrogens (primary N) is 1. The van der Waals surface area contributed by atoms with Gasteiger partial charge in [-0.25, -0.2) is 18.2 Å². The number of alkyl halides is 1. The van der Waals surface area contributed by atoms with Crippen LogP contribution in [0.5, 0.6) is 0 Å². The van der Waals surface area contributed by atoms with Gasteiger partial charge in [-0.1, -0.05) is 0 Å². The molecule has 2 atom stereocenters. The van der Waals surface area contributed by atoms with E-state index < -0.39 is 23.8 Å². The molecule has 0 unspecified atom stereocenters. The maximum Gasteiger partial charge on any atom is 0.206 e. The van der Waals surface area contributed by atoms with Gasteiger partial charge >= 0.3 is 0 Å². The van der Waals surface area contributed by atoms with Crippen molar-refractivity contribution in [3.8, 4) is 6.07 Å². The van der Waals surface area contributed by atoms with Crippen LogP contribution < -0.4 is 10.6 Å². The molecule has 2 aromatic heterocycles. The van der Waals surface area contributed by atoms with Crippen molar-refractivity contribution in [1.82, 2.24) is 14.5 Å². The molecule has 1 aliphatic rings. The Morgan fingerprint density at radius 1 is 1.24 bits per heavy atom. The fraction of sp³-hybridized carbons (Fsp3) is 0.316. The second kappa shape index (κ2) is 8.27. The fourth-order valence-corrected chi connectivity index (χ4v) is 3.39. The molecule has 2 N–H and O–H groups in total. The van der Waals surface area contributed by atoms with E-state index in [1.165, 1.54) is 6.20 Å². The van der Waals surface area contributed by atoms with E-state index in [1.54, 1.807) is 16.7 Å². The molecule has 0 radical (unpaired) electrons. The van der Waals surface area contributed by atoms with Gasteiger partial charge in [-0.15, -0.1) is 12.4 Å². The number of fused-ring (bicyclic) bond motifs is 1. The first kappa shape index (κ1) is 20.9. The fourth-order valence-electron chi connectivity index (χ4n) is 3.39. The van der Waals surface area contributed by atoms with E-state index in [0.717, 1.165) is 12.1 Å². The zero-order chi connectivity index (χ0) is 19.8. The summed E-state index contributed by atoms with van der Waals surface area (Å²) in [5.41, 5.74) is 7.60. The highest BCUT2D eigenvalue weighted by Crippen LogP contribution is 2.28. The van der Waals surface area contributed by atoms with Crippen LogP contribution in [-0.2, 0) is 6.54 Å². The first-order valence-corrected chi connectivity index (χ1v) is 8.81. The average molecular weight is 423 g/mol. The van der Waals surface area contributed by atoms with Crippen LogP contribution in [0.15, 0.2) is 30.5 Å². The topological polar surface area (TPSA) is 83.8 Å². The van der Waals surface area contributed by atoms with Crippen molar-refractivity contribution in [2.75, 3.05) is 18.0 Å². The summed E-state index contributed by atoms with van der Waals surface area (Å²) in [5.74, 6) is -1.51. The van der Waals surface area contributed by atoms with Crippen molar-refractivity contribution < 1.29 is 13.2 Å². The minimum absolute atomic E-state index is 0. The number of hydrogen-bond donors (Lipinski definition) is 1. The van der Waals surface area contributed by atoms with Crippen molar-refractivity contribution in [2.45, 2.75) is 25.2 Å². The van der Waals surface area contributed by atoms with Crippen molar-refractivity contribution in [1.29, 1.82) is 5.26 Å². The number of piperidine rings is 1. The van der Waals surface area contributed by atoms with Gasteiger partial charge in [0, 0.05) is 31.4 Å². The molecule has 29 heavy (non-hydrogen) atoms. The Hall–Kier alpha value is -2.83. The number of nitriles is 1. The normalized spacial score (nSPS) is 19.1. The van der Waals surface area contributed by atoms with Crippen LogP contribution in [0.25, 0.3) is 11.0 Å². The molecular weight excluding hydrogens is 405 g/mol. The van der Waals surface area contributed by atoms with E-state index in [-0.39, 0.29) is 31.9 Å². The second-order valence-corrected chi connectivity index (χ2v) is 6.82. The van der Waals surface area contributed by atoms with E-state index in [0.29, 0.717) is 34.8 Å². The first-order chi connectivity index (χ1) is 13.5. The number of imidazole rings is 1. The molecule has 0 aliphatic carbocycles. The Morgan fingerprint density at radius 2 is 2.00 bits per heavy atom. The van der Waals surface area contributed by atoms with Crippen LogP contribution in [0.4, 0.5) is 19.1 Å². The Bertz CT molecular complexity index is 1060. The predicted octanol–water partition coefficient (Wildman–Crippen LogP) is 2.93. The van der Waals surface area contributed by atoms with Gasteiger partial charge in [-0.3, -0.25) is 4.98 Å². The lowest BCUT2D eigenvalue weighted by atomic mass is 10.1. The molecule has 1 aliphatic heterocycles. The molecule has 0 amide bonds. The predicted molar refractivity (Wildman–Crippen MR) is 105 cm³/mol. The molecule has 1 aromatic carbocycles. The van der Waals surface area contributed by atoms with Crippen LogP contribution >= 0.6 is 12.4 Å². The number of aromatic nitrogens is 3. The van der Waals surface area contributed by atoms with Gasteiger partial charge in [-0.2, -0.15) is 5.26 Å². The smallest absolute Gasteiger partial charge is 0.206 e. The van der Waals surface area contributed by atoms with Crippen molar-refractivity contribution in [3.05, 3.63) is 53.4 Å². The van der Waals surface area contributed by atoms with E-state index in [9.17, 15) is 13.2 Å². The standard InChI is InChI=1S/C19H17F3N6.ClH/c20-13-3-4-27(10-16(13)24)19-26-17-5-14(21)15(22)6-18(17)28(19)9-12-2-1-11(7-23)8-25-12;/h1-2,5-6,8,13,16H,3-4,9-10,24H2;1H/t13-,16+;/m0./s1. The summed E-state index contributed by atoms with van der Waals surface area (Å²) in [7, 11) is 0. The summed E-state index contributed by atoms with van der Waals surface area (Å²) in [6.07, 6.45) is 0.602. The highest BCUT2D eigenvalue weighted by Gasteiger charge is 2.29. The Labute approximate surface area is 171 Å². The van der Waals surface area contributed by atoms with Gasteiger partial charge in [0.15, 0.2) is 11.6 Å². The highest BCUT2D eigenvalue weighted by atomic mass is 35.5. The third-order valence-electron chi connectivity index (χ3n) is 4.90. The molecule has 10 heteroatoms. The van der Waals surface area contributed by atoms with Gasteiger partial charge in [0.2, 0.25) is 5.95 Å². The van der Waals surface area contributed by atoms with Gasteiger partial charge in [0.25, 0.3) is 0 Å². The zero-order valence-corrected chi connectivity index (χ0v) is 16.0. The summed E-state index contributed by atoms with van der Waals surface area (Å²) in [5, 5.41) is 8.91. The Morgan fingerprint density at radius 3 is 2.66 bits per heavy atom. The summed E-state index contributed by atoms with van der Waals surface area (Å²) < 4.78 is 43.1. The van der Waals surface area contributed by atoms with Crippen molar-refractivity contribution in [3.63, 3.8) is 0 Å². The number of anilines is 1. The lowest BCUT2D eigenvalue weighted by Crippen LogP contribution is -2.50. The molecule has 1 saturated heterocycles. The SMILES string of the molecule is Cl.N#Cc1ccc(Cn2c(N3CC[C@H](F)[C@H](N)C3)nc3cc(F)c(F)cc32)nc1. The van der Waals surface area contributed by atoms with Crippen molar-refractivity contribution >= 4 is 29.4 Å². The quantitative estimate of drug-likeness (QED) is 0.701. The minimum atomic E-state index is -1.09. The largest absolute Gasteiger partial charge is 0.340 e. The average Bonchev–Trinajstić information content (AvgIpc) is 3.02. The van der Waals surface area contributed by atoms with Crippen LogP contribution in [-0.4, -0.2) is 39.8 Å². The lowest BCUT2D eigenvalue weighted by molar-refractivity contribution is 0.243. The number of rotatable bonds is 3. The molecule has 4 rings (SSSR count). The number of nitrogens with zero attached hydrogens (tertiary/aromatic N) is 5. The molecule has 3 aromatic rings. The van der Waals surface area contributed by atoms with Gasteiger partial charge in [0.05, 0.1) is 34.9 Å². The lowest BCUT2D eigenvalue weighted by Gasteiger charge is -2.34. The maximum absolute atomic E-state index is 13.9. The third-order valence-corrected chi connectivity index (χ3v) is 4.90. The summed E-state index contributed by atoms with van der Waals surface area (Å²) in [6, 6.07) is 6.78. The molecule has 1 fully saturated rings. The van der Waals surface area contributed by atoms with E-state index in [4.69, 9.17) is 11.0 Å². The summed E-state index contributed by atoms with van der Waals surface area (Å²) in [4.78, 5) is 10.5. The van der Waals surface area contributed by atoms with Gasteiger partial charge in [0.1, 0.15) is 12.2 Å². The van der Waals surface area contributed by atoms with E-state index in [1.807, 2.05) is 11.0 Å². The molecule has 6 nitrogen and oxygen atoms in total. The third kappa shape index (κ3) is 3.99. The number of pyridine rings is 1. The molecule has 3 heterocycles. The Kier molecular flexibility index (Phi) is 5.96. The number of halogens is 4. The van der Waals surface area contributed by atoms with E-state index >= 15 is 0 Å². The maximum atomic E-state index is 13.9. The molecule has 0 bridgehead atoms. The number of benzene rings is 1. The van der Waals surface area contributed by atoms with Crippen LogP contribution in [0, 0.1) is 23.0 Å². The molecular formula is C19H18ClF3N6. The van der Waals surface area contributed by atoms with Gasteiger partial charge < -0.3 is 15.2 Å². The monoisotopic (exact) mass is 422 g/mol. The number of hydrogen-bond acceptors (Lipinski definition) is 5. The zero-order valence-electron chi connectivity index (χ0n) is 15.2. The molecule has 0 saturated carbocycles. The molecule has 0 spiro atoms. The second-order valence-electron chi connectivity index (χ2n) is 6.82. The highest BCUT2D eigenvalue weighted by molar-refractivity contribution is 5.85. The van der Waals surface area contributed by atoms with E-state index in [2.05, 4.69) is 9.97 Å². The van der Waals surface area contributed by atoms with Gasteiger partial charge in [-0.05, 0) is 18.6 Å². The minimum Gasteiger partial charge on any atom is -0.340 e. The molecule has 152 valence electrons. The summed E-state index contributed by atoms with van der Waals surface area (Å²) >= 11 is 0.